The first-order valence-corrected chi connectivity index (χ1v) is 12.1. The van der Waals surface area contributed by atoms with Crippen LogP contribution in [0.2, 0.25) is 0 Å². The smallest absolute Gasteiger partial charge is 0.340 e. The van der Waals surface area contributed by atoms with Gasteiger partial charge in [-0.2, -0.15) is 5.10 Å². The number of hydrogen-bond donors (Lipinski definition) is 2. The Labute approximate surface area is 235 Å². The summed E-state index contributed by atoms with van der Waals surface area (Å²) in [6.07, 6.45) is 1.70. The van der Waals surface area contributed by atoms with Crippen LogP contribution in [0.5, 0.6) is 0 Å². The minimum absolute atomic E-state index is 0.00447. The highest BCUT2D eigenvalue weighted by Crippen LogP contribution is 2.20. The fourth-order valence-corrected chi connectivity index (χ4v) is 3.47. The number of esters is 3. The average Bonchev–Trinajstić information content (AvgIpc) is 2.99. The summed E-state index contributed by atoms with van der Waals surface area (Å²) >= 11 is 0. The van der Waals surface area contributed by atoms with E-state index in [1.54, 1.807) is 6.08 Å². The Morgan fingerprint density at radius 2 is 1.54 bits per heavy atom. The molecule has 41 heavy (non-hydrogen) atoms. The van der Waals surface area contributed by atoms with Gasteiger partial charge in [-0.15, -0.1) is 0 Å². The van der Waals surface area contributed by atoms with Gasteiger partial charge in [-0.25, -0.2) is 14.4 Å². The van der Waals surface area contributed by atoms with E-state index in [4.69, 9.17) is 9.47 Å². The topological polar surface area (TPSA) is 149 Å². The molecule has 0 saturated heterocycles. The molecule has 0 saturated carbocycles. The molecule has 1 amide bonds. The van der Waals surface area contributed by atoms with Crippen molar-refractivity contribution in [3.05, 3.63) is 101 Å². The molecule has 0 aliphatic rings. The summed E-state index contributed by atoms with van der Waals surface area (Å²) in [7, 11) is 2.36. The third-order valence-corrected chi connectivity index (χ3v) is 5.62. The number of rotatable bonds is 11. The fourth-order valence-electron chi connectivity index (χ4n) is 3.47. The lowest BCUT2D eigenvalue weighted by Crippen LogP contribution is -2.29. The second-order valence-electron chi connectivity index (χ2n) is 8.43. The van der Waals surface area contributed by atoms with Gasteiger partial charge in [0.2, 0.25) is 0 Å². The number of carbonyl (C=O) groups is 5. The number of carbonyl (C=O) groups excluding carboxylic acids is 5. The predicted molar refractivity (Wildman–Crippen MR) is 152 cm³/mol. The Kier molecular flexibility index (Phi) is 10.2. The largest absolute Gasteiger partial charge is 0.465 e. The summed E-state index contributed by atoms with van der Waals surface area (Å²) in [6.45, 7) is 4.87. The molecule has 0 spiro atoms. The minimum Gasteiger partial charge on any atom is -0.465 e. The number of anilines is 2. The minimum atomic E-state index is -0.887. The summed E-state index contributed by atoms with van der Waals surface area (Å²) in [4.78, 5) is 61.9. The van der Waals surface area contributed by atoms with E-state index in [1.165, 1.54) is 56.7 Å². The van der Waals surface area contributed by atoms with E-state index in [2.05, 4.69) is 27.2 Å². The van der Waals surface area contributed by atoms with Crippen molar-refractivity contribution in [2.75, 3.05) is 25.0 Å². The van der Waals surface area contributed by atoms with Gasteiger partial charge in [-0.1, -0.05) is 43.0 Å². The van der Waals surface area contributed by atoms with E-state index in [1.807, 2.05) is 24.3 Å². The van der Waals surface area contributed by atoms with E-state index in [0.717, 1.165) is 18.1 Å². The van der Waals surface area contributed by atoms with E-state index >= 15 is 0 Å². The van der Waals surface area contributed by atoms with Gasteiger partial charge < -0.3 is 19.5 Å². The maximum atomic E-state index is 12.9. The fraction of sp³-hybridized carbons (Fsp3) is 0.133. The van der Waals surface area contributed by atoms with Gasteiger partial charge in [0.25, 0.3) is 5.91 Å². The first-order valence-electron chi connectivity index (χ1n) is 12.1. The zero-order chi connectivity index (χ0) is 29.9. The number of nitrogens with one attached hydrogen (secondary N) is 2. The molecule has 3 aromatic rings. The monoisotopic (exact) mass is 557 g/mol. The number of Topliss-reactive ketones (excluding diaryl/α,β-unsaturated/α-hetero) is 1. The van der Waals surface area contributed by atoms with Crippen molar-refractivity contribution in [3.8, 4) is 0 Å². The lowest BCUT2D eigenvalue weighted by molar-refractivity contribution is -0.114. The molecular formula is C30H27N3O8. The van der Waals surface area contributed by atoms with Gasteiger partial charge in [0.05, 0.1) is 36.6 Å². The maximum absolute atomic E-state index is 12.9. The van der Waals surface area contributed by atoms with Gasteiger partial charge in [0.1, 0.15) is 6.61 Å². The molecule has 0 bridgehead atoms. The van der Waals surface area contributed by atoms with Crippen LogP contribution in [0, 0.1) is 0 Å². The molecule has 11 heteroatoms. The quantitative estimate of drug-likeness (QED) is 0.116. The van der Waals surface area contributed by atoms with Gasteiger partial charge in [-0.3, -0.25) is 15.0 Å². The van der Waals surface area contributed by atoms with E-state index in [9.17, 15) is 24.0 Å². The summed E-state index contributed by atoms with van der Waals surface area (Å²) in [5, 5.41) is 6.39. The molecule has 0 aliphatic carbocycles. The number of ether oxygens (including phenoxy) is 3. The van der Waals surface area contributed by atoms with Crippen LogP contribution in [-0.2, 0) is 30.4 Å². The Balaban J connectivity index is 1.76. The summed E-state index contributed by atoms with van der Waals surface area (Å²) in [5.41, 5.74) is 4.12. The number of methoxy groups -OCH3 is 2. The van der Waals surface area contributed by atoms with Crippen molar-refractivity contribution in [1.82, 2.24) is 0 Å². The second kappa shape index (κ2) is 14.0. The second-order valence-corrected chi connectivity index (χ2v) is 8.43. The predicted octanol–water partition coefficient (Wildman–Crippen LogP) is 4.26. The summed E-state index contributed by atoms with van der Waals surface area (Å²) in [5.74, 6) is -3.62. The first-order chi connectivity index (χ1) is 19.7. The van der Waals surface area contributed by atoms with Crippen molar-refractivity contribution in [3.63, 3.8) is 0 Å². The lowest BCUT2D eigenvalue weighted by atomic mass is 10.1. The molecule has 11 nitrogen and oxygen atoms in total. The normalized spacial score (nSPS) is 10.7. The van der Waals surface area contributed by atoms with Crippen LogP contribution in [0.1, 0.15) is 49.1 Å². The molecule has 0 aromatic heterocycles. The number of amides is 1. The standard InChI is InChI=1S/C30H27N3O8/c1-5-19-9-11-20(12-10-19)17-41-29(37)21-7-6-8-23(15-21)31-27(35)26(18(2)34)33-32-25-16-22(28(36)39-3)13-14-24(25)30(38)40-4/h5-16,32H,1,17H2,2-4H3,(H,31,35)/b33-26+. The van der Waals surface area contributed by atoms with Crippen LogP contribution in [0.3, 0.4) is 0 Å². The lowest BCUT2D eigenvalue weighted by Gasteiger charge is -2.11. The first kappa shape index (κ1) is 30.0. The number of nitrogens with zero attached hydrogens (tertiary/aromatic N) is 1. The maximum Gasteiger partial charge on any atom is 0.340 e. The molecule has 0 heterocycles. The Bertz CT molecular complexity index is 1530. The van der Waals surface area contributed by atoms with Crippen molar-refractivity contribution >= 4 is 52.8 Å². The Morgan fingerprint density at radius 3 is 2.17 bits per heavy atom. The van der Waals surface area contributed by atoms with Gasteiger partial charge in [0, 0.05) is 12.6 Å². The van der Waals surface area contributed by atoms with Crippen LogP contribution in [0.25, 0.3) is 6.08 Å². The van der Waals surface area contributed by atoms with Gasteiger partial charge >= 0.3 is 17.9 Å². The average molecular weight is 558 g/mol. The zero-order valence-electron chi connectivity index (χ0n) is 22.6. The Hall–Kier alpha value is -5.58. The van der Waals surface area contributed by atoms with E-state index in [0.29, 0.717) is 0 Å². The molecule has 210 valence electrons. The van der Waals surface area contributed by atoms with Gasteiger partial charge in [0.15, 0.2) is 11.5 Å². The number of hydrazone groups is 1. The van der Waals surface area contributed by atoms with Crippen LogP contribution in [-0.4, -0.2) is 49.5 Å². The third-order valence-electron chi connectivity index (χ3n) is 5.62. The van der Waals surface area contributed by atoms with Crippen molar-refractivity contribution in [2.45, 2.75) is 13.5 Å². The molecule has 0 radical (unpaired) electrons. The summed E-state index contributed by atoms with van der Waals surface area (Å²) < 4.78 is 14.8. The van der Waals surface area contributed by atoms with Crippen molar-refractivity contribution < 1.29 is 38.2 Å². The van der Waals surface area contributed by atoms with E-state index < -0.39 is 35.3 Å². The highest BCUT2D eigenvalue weighted by molar-refractivity contribution is 6.67. The van der Waals surface area contributed by atoms with Crippen LogP contribution in [0.15, 0.2) is 78.4 Å². The van der Waals surface area contributed by atoms with Crippen LogP contribution < -0.4 is 10.7 Å². The third kappa shape index (κ3) is 7.96. The van der Waals surface area contributed by atoms with Crippen molar-refractivity contribution in [2.24, 2.45) is 5.10 Å². The van der Waals surface area contributed by atoms with Crippen LogP contribution in [0.4, 0.5) is 11.4 Å². The highest BCUT2D eigenvalue weighted by Gasteiger charge is 2.20. The summed E-state index contributed by atoms with van der Waals surface area (Å²) in [6, 6.07) is 17.2. The molecule has 0 atom stereocenters. The SMILES string of the molecule is C=Cc1ccc(COC(=O)c2cccc(NC(=O)/C(=N/Nc3cc(C(=O)OC)ccc3C(=O)OC)C(C)=O)c2)cc1. The number of benzene rings is 3. The molecule has 0 aliphatic heterocycles. The van der Waals surface area contributed by atoms with Gasteiger partial charge in [-0.05, 0) is 47.5 Å². The molecule has 3 aromatic carbocycles. The van der Waals surface area contributed by atoms with E-state index in [-0.39, 0.29) is 34.7 Å². The molecule has 0 unspecified atom stereocenters. The highest BCUT2D eigenvalue weighted by atomic mass is 16.5. The molecular weight excluding hydrogens is 530 g/mol. The Morgan fingerprint density at radius 1 is 0.854 bits per heavy atom. The number of hydrogen-bond acceptors (Lipinski definition) is 10. The molecule has 0 fully saturated rings. The van der Waals surface area contributed by atoms with Crippen LogP contribution >= 0.6 is 0 Å². The zero-order valence-corrected chi connectivity index (χ0v) is 22.6. The molecule has 3 rings (SSSR count). The van der Waals surface area contributed by atoms with Crippen molar-refractivity contribution in [1.29, 1.82) is 0 Å². The molecule has 2 N–H and O–H groups in total. The number of ketones is 1.